The summed E-state index contributed by atoms with van der Waals surface area (Å²) in [7, 11) is 1.28. The zero-order valence-corrected chi connectivity index (χ0v) is 9.32. The predicted octanol–water partition coefficient (Wildman–Crippen LogP) is 1.07. The number of hydrogen-bond donors (Lipinski definition) is 2. The fourth-order valence-corrected chi connectivity index (χ4v) is 1.58. The van der Waals surface area contributed by atoms with Crippen LogP contribution in [-0.4, -0.2) is 30.5 Å². The van der Waals surface area contributed by atoms with Crippen LogP contribution in [0.15, 0.2) is 30.5 Å². The maximum atomic E-state index is 11.8. The van der Waals surface area contributed by atoms with Crippen LogP contribution in [0.25, 0.3) is 10.9 Å². The Kier molecular flexibility index (Phi) is 3.09. The van der Waals surface area contributed by atoms with Gasteiger partial charge in [-0.2, -0.15) is 0 Å². The topological polar surface area (TPSA) is 71.2 Å². The number of benzene rings is 1. The molecule has 0 aliphatic heterocycles. The van der Waals surface area contributed by atoms with Gasteiger partial charge in [0.2, 0.25) is 0 Å². The molecule has 5 nitrogen and oxygen atoms in total. The van der Waals surface area contributed by atoms with Crippen LogP contribution >= 0.6 is 0 Å². The van der Waals surface area contributed by atoms with Gasteiger partial charge < -0.3 is 15.0 Å². The molecule has 1 aromatic heterocycles. The molecule has 2 rings (SSSR count). The second-order valence-electron chi connectivity index (χ2n) is 3.51. The summed E-state index contributed by atoms with van der Waals surface area (Å²) in [6.07, 6.45) is 1.62. The van der Waals surface area contributed by atoms with Crippen molar-refractivity contribution < 1.29 is 14.3 Å². The molecule has 1 amide bonds. The van der Waals surface area contributed by atoms with E-state index in [0.29, 0.717) is 5.56 Å². The summed E-state index contributed by atoms with van der Waals surface area (Å²) >= 11 is 0. The Balaban J connectivity index is 2.17. The van der Waals surface area contributed by atoms with Crippen molar-refractivity contribution in [2.75, 3.05) is 13.7 Å². The SMILES string of the molecule is COC(=O)CNC(=O)c1c[nH]c2ccccc12. The summed E-state index contributed by atoms with van der Waals surface area (Å²) in [5.74, 6) is -0.772. The van der Waals surface area contributed by atoms with E-state index >= 15 is 0 Å². The van der Waals surface area contributed by atoms with E-state index in [4.69, 9.17) is 0 Å². The average Bonchev–Trinajstić information content (AvgIpc) is 2.79. The van der Waals surface area contributed by atoms with Crippen LogP contribution in [0.2, 0.25) is 0 Å². The fraction of sp³-hybridized carbons (Fsp3) is 0.167. The highest BCUT2D eigenvalue weighted by Crippen LogP contribution is 2.17. The minimum Gasteiger partial charge on any atom is -0.468 e. The Hall–Kier alpha value is -2.30. The van der Waals surface area contributed by atoms with Gasteiger partial charge in [0.05, 0.1) is 12.7 Å². The van der Waals surface area contributed by atoms with Gasteiger partial charge in [0.1, 0.15) is 6.54 Å². The molecule has 1 aromatic carbocycles. The van der Waals surface area contributed by atoms with E-state index in [1.807, 2.05) is 24.3 Å². The van der Waals surface area contributed by atoms with Crippen molar-refractivity contribution >= 4 is 22.8 Å². The largest absolute Gasteiger partial charge is 0.468 e. The number of methoxy groups -OCH3 is 1. The highest BCUT2D eigenvalue weighted by atomic mass is 16.5. The second-order valence-corrected chi connectivity index (χ2v) is 3.51. The number of para-hydroxylation sites is 1. The lowest BCUT2D eigenvalue weighted by Gasteiger charge is -2.02. The molecule has 2 N–H and O–H groups in total. The third-order valence-corrected chi connectivity index (χ3v) is 2.45. The van der Waals surface area contributed by atoms with Crippen molar-refractivity contribution in [2.45, 2.75) is 0 Å². The van der Waals surface area contributed by atoms with Crippen LogP contribution in [0, 0.1) is 0 Å². The van der Waals surface area contributed by atoms with Gasteiger partial charge in [0.15, 0.2) is 0 Å². The second kappa shape index (κ2) is 4.69. The molecule has 88 valence electrons. The lowest BCUT2D eigenvalue weighted by molar-refractivity contribution is -0.139. The molecule has 1 heterocycles. The maximum Gasteiger partial charge on any atom is 0.325 e. The van der Waals surface area contributed by atoms with Gasteiger partial charge in [-0.25, -0.2) is 0 Å². The van der Waals surface area contributed by atoms with E-state index in [9.17, 15) is 9.59 Å². The molecule has 0 saturated heterocycles. The van der Waals surface area contributed by atoms with Crippen LogP contribution < -0.4 is 5.32 Å². The zero-order chi connectivity index (χ0) is 12.3. The number of rotatable bonds is 3. The van der Waals surface area contributed by atoms with Crippen LogP contribution in [0.4, 0.5) is 0 Å². The van der Waals surface area contributed by atoms with Gasteiger partial charge in [-0.3, -0.25) is 9.59 Å². The van der Waals surface area contributed by atoms with Gasteiger partial charge in [-0.15, -0.1) is 0 Å². The number of carbonyl (C=O) groups is 2. The summed E-state index contributed by atoms with van der Waals surface area (Å²) < 4.78 is 4.44. The van der Waals surface area contributed by atoms with E-state index in [0.717, 1.165) is 10.9 Å². The van der Waals surface area contributed by atoms with Gasteiger partial charge in [0, 0.05) is 17.1 Å². The van der Waals surface area contributed by atoms with Crippen molar-refractivity contribution in [1.82, 2.24) is 10.3 Å². The quantitative estimate of drug-likeness (QED) is 0.777. The lowest BCUT2D eigenvalue weighted by Crippen LogP contribution is -2.29. The number of fused-ring (bicyclic) bond motifs is 1. The first kappa shape index (κ1) is 11.2. The fourth-order valence-electron chi connectivity index (χ4n) is 1.58. The molecule has 0 aliphatic rings. The van der Waals surface area contributed by atoms with Gasteiger partial charge in [-0.1, -0.05) is 18.2 Å². The summed E-state index contributed by atoms with van der Waals surface area (Å²) in [5, 5.41) is 3.32. The Bertz CT molecular complexity index is 560. The zero-order valence-electron chi connectivity index (χ0n) is 9.32. The number of amides is 1. The van der Waals surface area contributed by atoms with Crippen molar-refractivity contribution in [3.05, 3.63) is 36.0 Å². The van der Waals surface area contributed by atoms with E-state index in [1.165, 1.54) is 7.11 Å². The molecule has 0 aliphatic carbocycles. The minimum absolute atomic E-state index is 0.130. The Morgan fingerprint density at radius 3 is 2.88 bits per heavy atom. The first-order valence-corrected chi connectivity index (χ1v) is 5.13. The molecule has 0 bridgehead atoms. The van der Waals surface area contributed by atoms with Crippen LogP contribution in [0.3, 0.4) is 0 Å². The first-order valence-electron chi connectivity index (χ1n) is 5.13. The predicted molar refractivity (Wildman–Crippen MR) is 62.6 cm³/mol. The standard InChI is InChI=1S/C12H12N2O3/c1-17-11(15)7-14-12(16)9-6-13-10-5-3-2-4-8(9)10/h2-6,13H,7H2,1H3,(H,14,16). The number of H-pyrrole nitrogens is 1. The molecular formula is C12H12N2O3. The van der Waals surface area contributed by atoms with Crippen LogP contribution in [0.1, 0.15) is 10.4 Å². The van der Waals surface area contributed by atoms with E-state index in [1.54, 1.807) is 6.20 Å². The molecule has 0 fully saturated rings. The Morgan fingerprint density at radius 1 is 1.35 bits per heavy atom. The van der Waals surface area contributed by atoms with E-state index in [2.05, 4.69) is 15.0 Å². The van der Waals surface area contributed by atoms with Crippen molar-refractivity contribution in [2.24, 2.45) is 0 Å². The molecule has 5 heteroatoms. The molecule has 0 spiro atoms. The molecule has 2 aromatic rings. The summed E-state index contributed by atoms with van der Waals surface area (Å²) in [6, 6.07) is 7.47. The number of aromatic nitrogens is 1. The number of esters is 1. The first-order chi connectivity index (χ1) is 8.22. The van der Waals surface area contributed by atoms with Gasteiger partial charge >= 0.3 is 5.97 Å². The maximum absolute atomic E-state index is 11.8. The average molecular weight is 232 g/mol. The van der Waals surface area contributed by atoms with E-state index in [-0.39, 0.29) is 12.5 Å². The number of ether oxygens (including phenoxy) is 1. The van der Waals surface area contributed by atoms with Crippen molar-refractivity contribution in [1.29, 1.82) is 0 Å². The van der Waals surface area contributed by atoms with Crippen molar-refractivity contribution in [3.63, 3.8) is 0 Å². The highest BCUT2D eigenvalue weighted by molar-refractivity contribution is 6.07. The minimum atomic E-state index is -0.474. The highest BCUT2D eigenvalue weighted by Gasteiger charge is 2.12. The molecule has 0 unspecified atom stereocenters. The van der Waals surface area contributed by atoms with Gasteiger partial charge in [-0.05, 0) is 6.07 Å². The molecular weight excluding hydrogens is 220 g/mol. The van der Waals surface area contributed by atoms with Crippen LogP contribution in [-0.2, 0) is 9.53 Å². The van der Waals surface area contributed by atoms with Crippen molar-refractivity contribution in [3.8, 4) is 0 Å². The molecule has 0 atom stereocenters. The molecule has 17 heavy (non-hydrogen) atoms. The number of carbonyl (C=O) groups excluding carboxylic acids is 2. The molecule has 0 saturated carbocycles. The third kappa shape index (κ3) is 2.28. The monoisotopic (exact) mass is 232 g/mol. The third-order valence-electron chi connectivity index (χ3n) is 2.45. The Labute approximate surface area is 97.8 Å². The van der Waals surface area contributed by atoms with Gasteiger partial charge in [0.25, 0.3) is 5.91 Å². The smallest absolute Gasteiger partial charge is 0.325 e. The normalized spacial score (nSPS) is 10.2. The lowest BCUT2D eigenvalue weighted by atomic mass is 10.1. The number of nitrogens with one attached hydrogen (secondary N) is 2. The molecule has 0 radical (unpaired) electrons. The van der Waals surface area contributed by atoms with Crippen LogP contribution in [0.5, 0.6) is 0 Å². The Morgan fingerprint density at radius 2 is 2.12 bits per heavy atom. The summed E-state index contributed by atoms with van der Waals surface area (Å²) in [5.41, 5.74) is 1.40. The number of hydrogen-bond acceptors (Lipinski definition) is 3. The number of aromatic amines is 1. The van der Waals surface area contributed by atoms with E-state index < -0.39 is 5.97 Å². The summed E-state index contributed by atoms with van der Waals surface area (Å²) in [4.78, 5) is 25.7. The summed E-state index contributed by atoms with van der Waals surface area (Å²) in [6.45, 7) is -0.130.